The largest absolute Gasteiger partial charge is 0.337 e. The van der Waals surface area contributed by atoms with Crippen molar-refractivity contribution in [1.82, 2.24) is 14.5 Å². The van der Waals surface area contributed by atoms with Gasteiger partial charge in [-0.25, -0.2) is 4.98 Å². The first-order valence-electron chi connectivity index (χ1n) is 8.86. The van der Waals surface area contributed by atoms with E-state index in [4.69, 9.17) is 0 Å². The predicted octanol–water partition coefficient (Wildman–Crippen LogP) is 4.30. The van der Waals surface area contributed by atoms with Gasteiger partial charge in [-0.3, -0.25) is 14.2 Å². The van der Waals surface area contributed by atoms with E-state index in [2.05, 4.69) is 20.9 Å². The Labute approximate surface area is 167 Å². The average molecular weight is 440 g/mol. The number of amides is 1. The molecule has 5 nitrogen and oxygen atoms in total. The Morgan fingerprint density at radius 3 is 2.38 bits per heavy atom. The highest BCUT2D eigenvalue weighted by atomic mass is 79.9. The molecule has 0 fully saturated rings. The van der Waals surface area contributed by atoms with E-state index in [-0.39, 0.29) is 28.8 Å². The van der Waals surface area contributed by atoms with Gasteiger partial charge in [0.15, 0.2) is 5.16 Å². The minimum Gasteiger partial charge on any atom is -0.337 e. The Bertz CT molecular complexity index is 856. The van der Waals surface area contributed by atoms with Crippen molar-refractivity contribution in [1.29, 1.82) is 0 Å². The fourth-order valence-corrected chi connectivity index (χ4v) is 4.46. The summed E-state index contributed by atoms with van der Waals surface area (Å²) in [5, 5.41) is 0.841. The number of benzene rings is 1. The number of carbonyl (C=O) groups excluding carboxylic acids is 1. The summed E-state index contributed by atoms with van der Waals surface area (Å²) in [6, 6.07) is 5.74. The number of hydrogen-bond acceptors (Lipinski definition) is 4. The number of carbonyl (C=O) groups is 1. The predicted molar refractivity (Wildman–Crippen MR) is 112 cm³/mol. The second-order valence-electron chi connectivity index (χ2n) is 6.80. The Morgan fingerprint density at radius 1 is 1.23 bits per heavy atom. The molecule has 1 amide bonds. The van der Waals surface area contributed by atoms with Crippen LogP contribution in [0.2, 0.25) is 0 Å². The summed E-state index contributed by atoms with van der Waals surface area (Å²) in [6.45, 7) is 12.4. The van der Waals surface area contributed by atoms with Gasteiger partial charge in [0.25, 0.3) is 5.56 Å². The van der Waals surface area contributed by atoms with Crippen LogP contribution in [-0.4, -0.2) is 37.7 Å². The summed E-state index contributed by atoms with van der Waals surface area (Å²) in [4.78, 5) is 32.3. The zero-order chi connectivity index (χ0) is 19.6. The summed E-state index contributed by atoms with van der Waals surface area (Å²) in [6.07, 6.45) is 0. The Balaban J connectivity index is 2.42. The maximum absolute atomic E-state index is 12.9. The highest BCUT2D eigenvalue weighted by Gasteiger charge is 2.27. The summed E-state index contributed by atoms with van der Waals surface area (Å²) in [7, 11) is 0. The van der Waals surface area contributed by atoms with E-state index < -0.39 is 0 Å². The second kappa shape index (κ2) is 8.57. The van der Waals surface area contributed by atoms with Gasteiger partial charge >= 0.3 is 0 Å². The van der Waals surface area contributed by atoms with E-state index in [1.54, 1.807) is 10.6 Å². The van der Waals surface area contributed by atoms with Crippen molar-refractivity contribution in [2.45, 2.75) is 70.6 Å². The highest BCUT2D eigenvalue weighted by Crippen LogP contribution is 2.26. The number of thioether (sulfide) groups is 1. The summed E-state index contributed by atoms with van der Waals surface area (Å²) in [5.74, 6) is 0.0628. The zero-order valence-corrected chi connectivity index (χ0v) is 18.5. The molecule has 0 aliphatic carbocycles. The first-order chi connectivity index (χ1) is 12.2. The van der Waals surface area contributed by atoms with Crippen molar-refractivity contribution in [3.05, 3.63) is 33.0 Å². The molecule has 1 atom stereocenters. The van der Waals surface area contributed by atoms with Crippen LogP contribution in [0.4, 0.5) is 0 Å². The standard InChI is InChI=1S/C19H26BrN3O2S/c1-7-22-18(25)15-10-14(20)8-9-16(15)21-19(22)26-13(6)17(24)23(11(2)3)12(4)5/h8-13H,7H2,1-6H3. The number of nitrogens with zero attached hydrogens (tertiary/aromatic N) is 3. The van der Waals surface area contributed by atoms with Crippen molar-refractivity contribution in [2.75, 3.05) is 0 Å². The topological polar surface area (TPSA) is 55.2 Å². The first kappa shape index (κ1) is 21.0. The molecule has 2 rings (SSSR count). The van der Waals surface area contributed by atoms with Gasteiger partial charge in [0.05, 0.1) is 16.2 Å². The van der Waals surface area contributed by atoms with Crippen LogP contribution in [0, 0.1) is 0 Å². The zero-order valence-electron chi connectivity index (χ0n) is 16.1. The molecular weight excluding hydrogens is 414 g/mol. The quantitative estimate of drug-likeness (QED) is 0.496. The van der Waals surface area contributed by atoms with Gasteiger partial charge in [-0.15, -0.1) is 0 Å². The van der Waals surface area contributed by atoms with E-state index in [1.807, 2.05) is 58.6 Å². The van der Waals surface area contributed by atoms with Gasteiger partial charge in [0.2, 0.25) is 5.91 Å². The maximum Gasteiger partial charge on any atom is 0.262 e. The highest BCUT2D eigenvalue weighted by molar-refractivity contribution is 9.10. The molecule has 142 valence electrons. The molecule has 1 unspecified atom stereocenters. The molecule has 0 aliphatic rings. The molecule has 0 radical (unpaired) electrons. The number of hydrogen-bond donors (Lipinski definition) is 0. The lowest BCUT2D eigenvalue weighted by atomic mass is 10.2. The molecule has 2 aromatic rings. The van der Waals surface area contributed by atoms with E-state index in [0.29, 0.717) is 22.6 Å². The molecule has 0 N–H and O–H groups in total. The molecular formula is C19H26BrN3O2S. The maximum atomic E-state index is 12.9. The van der Waals surface area contributed by atoms with Crippen molar-refractivity contribution in [2.24, 2.45) is 0 Å². The van der Waals surface area contributed by atoms with Crippen LogP contribution in [0.5, 0.6) is 0 Å². The van der Waals surface area contributed by atoms with Gasteiger partial charge < -0.3 is 4.90 Å². The van der Waals surface area contributed by atoms with Gasteiger partial charge in [0.1, 0.15) is 0 Å². The molecule has 1 aromatic heterocycles. The SMILES string of the molecule is CCn1c(SC(C)C(=O)N(C(C)C)C(C)C)nc2ccc(Br)cc2c1=O. The van der Waals surface area contributed by atoms with Gasteiger partial charge in [-0.2, -0.15) is 0 Å². The van der Waals surface area contributed by atoms with E-state index in [0.717, 1.165) is 4.47 Å². The molecule has 0 saturated heterocycles. The fraction of sp³-hybridized carbons (Fsp3) is 0.526. The minimum atomic E-state index is -0.322. The number of aromatic nitrogens is 2. The molecule has 1 aromatic carbocycles. The molecule has 0 spiro atoms. The summed E-state index contributed by atoms with van der Waals surface area (Å²) in [5.41, 5.74) is 0.570. The van der Waals surface area contributed by atoms with Crippen molar-refractivity contribution < 1.29 is 4.79 Å². The second-order valence-corrected chi connectivity index (χ2v) is 9.02. The van der Waals surface area contributed by atoms with Crippen molar-refractivity contribution >= 4 is 44.5 Å². The molecule has 0 bridgehead atoms. The summed E-state index contributed by atoms with van der Waals surface area (Å²) < 4.78 is 2.48. The molecule has 1 heterocycles. The van der Waals surface area contributed by atoms with E-state index in [1.165, 1.54) is 11.8 Å². The van der Waals surface area contributed by atoms with Crippen LogP contribution < -0.4 is 5.56 Å². The van der Waals surface area contributed by atoms with Crippen LogP contribution in [0.3, 0.4) is 0 Å². The normalized spacial score (nSPS) is 12.8. The van der Waals surface area contributed by atoms with Gasteiger partial charge in [0, 0.05) is 23.1 Å². The Hall–Kier alpha value is -1.34. The van der Waals surface area contributed by atoms with E-state index >= 15 is 0 Å². The monoisotopic (exact) mass is 439 g/mol. The van der Waals surface area contributed by atoms with Crippen LogP contribution >= 0.6 is 27.7 Å². The molecule has 7 heteroatoms. The third-order valence-corrected chi connectivity index (χ3v) is 5.77. The number of rotatable bonds is 6. The third kappa shape index (κ3) is 4.31. The first-order valence-corrected chi connectivity index (χ1v) is 10.5. The Morgan fingerprint density at radius 2 is 1.85 bits per heavy atom. The molecule has 0 saturated carbocycles. The van der Waals surface area contributed by atoms with Crippen LogP contribution in [0.25, 0.3) is 10.9 Å². The average Bonchev–Trinajstić information content (AvgIpc) is 2.55. The van der Waals surface area contributed by atoms with Crippen LogP contribution in [0.15, 0.2) is 32.6 Å². The van der Waals surface area contributed by atoms with Gasteiger partial charge in [-0.1, -0.05) is 27.7 Å². The van der Waals surface area contributed by atoms with Crippen molar-refractivity contribution in [3.63, 3.8) is 0 Å². The Kier molecular flexibility index (Phi) is 6.91. The lowest BCUT2D eigenvalue weighted by Gasteiger charge is -2.33. The molecule has 26 heavy (non-hydrogen) atoms. The lowest BCUT2D eigenvalue weighted by molar-refractivity contribution is -0.133. The van der Waals surface area contributed by atoms with E-state index in [9.17, 15) is 9.59 Å². The van der Waals surface area contributed by atoms with Gasteiger partial charge in [-0.05, 0) is 59.7 Å². The smallest absolute Gasteiger partial charge is 0.262 e. The fourth-order valence-electron chi connectivity index (χ4n) is 3.07. The lowest BCUT2D eigenvalue weighted by Crippen LogP contribution is -2.45. The third-order valence-electron chi connectivity index (χ3n) is 4.19. The number of fused-ring (bicyclic) bond motifs is 1. The van der Waals surface area contributed by atoms with Crippen LogP contribution in [-0.2, 0) is 11.3 Å². The molecule has 0 aliphatic heterocycles. The van der Waals surface area contributed by atoms with Crippen LogP contribution in [0.1, 0.15) is 41.5 Å². The minimum absolute atomic E-state index is 0.0628. The van der Waals surface area contributed by atoms with Crippen molar-refractivity contribution in [3.8, 4) is 0 Å². The summed E-state index contributed by atoms with van der Waals surface area (Å²) >= 11 is 4.75. The number of halogens is 1.